The number of carboxylic acid groups (broad SMARTS) is 1. The van der Waals surface area contributed by atoms with Gasteiger partial charge in [-0.05, 0) is 19.9 Å². The van der Waals surface area contributed by atoms with Gasteiger partial charge in [0, 0.05) is 6.20 Å². The lowest BCUT2D eigenvalue weighted by molar-refractivity contribution is 0.0697. The summed E-state index contributed by atoms with van der Waals surface area (Å²) in [6, 6.07) is 1.21. The fraction of sp³-hybridized carbons (Fsp3) is 0.250. The van der Waals surface area contributed by atoms with Crippen molar-refractivity contribution in [1.29, 1.82) is 0 Å². The quantitative estimate of drug-likeness (QED) is 0.861. The van der Waals surface area contributed by atoms with Gasteiger partial charge in [0.1, 0.15) is 11.8 Å². The number of hydrogen-bond donors (Lipinski definition) is 2. The van der Waals surface area contributed by atoms with Crippen molar-refractivity contribution in [1.82, 2.24) is 9.97 Å². The molecule has 1 unspecified atom stereocenters. The van der Waals surface area contributed by atoms with Crippen LogP contribution in [0.4, 0.5) is 5.69 Å². The van der Waals surface area contributed by atoms with Gasteiger partial charge in [-0.2, -0.15) is 0 Å². The van der Waals surface area contributed by atoms with Crippen molar-refractivity contribution in [3.63, 3.8) is 0 Å². The Balaban J connectivity index is 2.21. The highest BCUT2D eigenvalue weighted by Gasteiger charge is 2.15. The second-order valence-electron chi connectivity index (χ2n) is 3.90. The number of nitrogens with one attached hydrogen (secondary N) is 1. The second kappa shape index (κ2) is 4.87. The monoisotopic (exact) mass is 247 g/mol. The number of aryl methyl sites for hydroxylation is 1. The molecule has 1 atom stereocenters. The van der Waals surface area contributed by atoms with Gasteiger partial charge in [-0.1, -0.05) is 0 Å². The first-order valence-corrected chi connectivity index (χ1v) is 5.44. The fourth-order valence-corrected chi connectivity index (χ4v) is 1.56. The number of aromatic nitrogens is 2. The molecule has 2 aromatic rings. The number of hydrogen-bond acceptors (Lipinski definition) is 5. The van der Waals surface area contributed by atoms with Crippen LogP contribution in [0.25, 0.3) is 0 Å². The van der Waals surface area contributed by atoms with E-state index in [0.717, 1.165) is 0 Å². The molecule has 0 aromatic carbocycles. The Morgan fingerprint density at radius 2 is 2.28 bits per heavy atom. The summed E-state index contributed by atoms with van der Waals surface area (Å²) in [6.45, 7) is 3.64. The van der Waals surface area contributed by atoms with Crippen LogP contribution in [-0.4, -0.2) is 21.0 Å². The van der Waals surface area contributed by atoms with Crippen molar-refractivity contribution in [3.05, 3.63) is 41.9 Å². The number of carboxylic acids is 1. The van der Waals surface area contributed by atoms with E-state index in [0.29, 0.717) is 17.3 Å². The molecule has 0 aliphatic heterocycles. The van der Waals surface area contributed by atoms with Crippen molar-refractivity contribution in [2.45, 2.75) is 19.9 Å². The van der Waals surface area contributed by atoms with Gasteiger partial charge >= 0.3 is 5.97 Å². The second-order valence-corrected chi connectivity index (χ2v) is 3.90. The largest absolute Gasteiger partial charge is 0.478 e. The molecule has 0 saturated heterocycles. The maximum Gasteiger partial charge on any atom is 0.337 e. The molecule has 2 heterocycles. The summed E-state index contributed by atoms with van der Waals surface area (Å²) < 4.78 is 5.38. The summed E-state index contributed by atoms with van der Waals surface area (Å²) in [5, 5.41) is 12.1. The highest BCUT2D eigenvalue weighted by atomic mass is 16.4. The van der Waals surface area contributed by atoms with Gasteiger partial charge in [0.2, 0.25) is 5.89 Å². The van der Waals surface area contributed by atoms with E-state index in [9.17, 15) is 4.79 Å². The Kier molecular flexibility index (Phi) is 3.27. The molecule has 0 bridgehead atoms. The minimum atomic E-state index is -1.00. The lowest BCUT2D eigenvalue weighted by atomic mass is 10.2. The zero-order chi connectivity index (χ0) is 13.1. The summed E-state index contributed by atoms with van der Waals surface area (Å²) in [7, 11) is 0. The summed E-state index contributed by atoms with van der Waals surface area (Å²) >= 11 is 0. The molecule has 0 fully saturated rings. The van der Waals surface area contributed by atoms with Crippen molar-refractivity contribution in [2.24, 2.45) is 0 Å². The van der Waals surface area contributed by atoms with Crippen LogP contribution in [0.1, 0.15) is 35.0 Å². The van der Waals surface area contributed by atoms with Crippen LogP contribution < -0.4 is 5.32 Å². The van der Waals surface area contributed by atoms with Crippen LogP contribution in [0.15, 0.2) is 29.1 Å². The molecule has 6 heteroatoms. The summed E-state index contributed by atoms with van der Waals surface area (Å²) in [6.07, 6.45) is 4.53. The van der Waals surface area contributed by atoms with E-state index in [1.54, 1.807) is 13.1 Å². The third kappa shape index (κ3) is 2.48. The molecule has 0 radical (unpaired) electrons. The molecule has 2 aromatic heterocycles. The number of aromatic carboxylic acids is 1. The van der Waals surface area contributed by atoms with Gasteiger partial charge in [-0.15, -0.1) is 0 Å². The lowest BCUT2D eigenvalue weighted by Crippen LogP contribution is -2.11. The molecule has 0 aliphatic rings. The van der Waals surface area contributed by atoms with Gasteiger partial charge in [0.05, 0.1) is 23.6 Å². The molecule has 6 nitrogen and oxygen atoms in total. The topological polar surface area (TPSA) is 88.2 Å². The van der Waals surface area contributed by atoms with E-state index in [2.05, 4.69) is 15.3 Å². The molecule has 0 aliphatic carbocycles. The van der Waals surface area contributed by atoms with Crippen LogP contribution >= 0.6 is 0 Å². The fourth-order valence-electron chi connectivity index (χ4n) is 1.56. The molecular formula is C12H13N3O3. The molecule has 0 amide bonds. The van der Waals surface area contributed by atoms with E-state index in [-0.39, 0.29) is 11.6 Å². The first-order chi connectivity index (χ1) is 8.58. The first kappa shape index (κ1) is 12.1. The van der Waals surface area contributed by atoms with Crippen molar-refractivity contribution >= 4 is 11.7 Å². The average Bonchev–Trinajstić information content (AvgIpc) is 2.76. The molecule has 94 valence electrons. The number of carbonyl (C=O) groups is 1. The van der Waals surface area contributed by atoms with Gasteiger partial charge in [-0.25, -0.2) is 9.78 Å². The highest BCUT2D eigenvalue weighted by molar-refractivity contribution is 5.93. The van der Waals surface area contributed by atoms with Crippen LogP contribution in [0, 0.1) is 6.92 Å². The molecule has 2 N–H and O–H groups in total. The molecule has 0 spiro atoms. The Morgan fingerprint density at radius 1 is 1.50 bits per heavy atom. The standard InChI is InChI=1S/C12H13N3O3/c1-7-5-14-11(18-7)8(2)15-10-6-13-4-3-9(10)12(16)17/h3-6,8,15H,1-2H3,(H,16,17). The number of pyridine rings is 1. The average molecular weight is 247 g/mol. The molecule has 0 saturated carbocycles. The minimum absolute atomic E-state index is 0.167. The van der Waals surface area contributed by atoms with Crippen molar-refractivity contribution < 1.29 is 14.3 Å². The number of rotatable bonds is 4. The predicted octanol–water partition coefficient (Wildman–Crippen LogP) is 2.25. The number of nitrogens with zero attached hydrogens (tertiary/aromatic N) is 2. The van der Waals surface area contributed by atoms with Crippen molar-refractivity contribution in [3.8, 4) is 0 Å². The molecule has 2 rings (SSSR count). The molecule has 18 heavy (non-hydrogen) atoms. The third-order valence-electron chi connectivity index (χ3n) is 2.43. The van der Waals surface area contributed by atoms with Crippen LogP contribution in [0.2, 0.25) is 0 Å². The SMILES string of the molecule is Cc1cnc(C(C)Nc2cnccc2C(=O)O)o1. The van der Waals surface area contributed by atoms with E-state index in [1.807, 2.05) is 6.92 Å². The Morgan fingerprint density at radius 3 is 2.89 bits per heavy atom. The summed E-state index contributed by atoms with van der Waals surface area (Å²) in [4.78, 5) is 19.0. The van der Waals surface area contributed by atoms with E-state index >= 15 is 0 Å². The van der Waals surface area contributed by atoms with Crippen LogP contribution in [-0.2, 0) is 0 Å². The maximum absolute atomic E-state index is 11.0. The number of oxazole rings is 1. The van der Waals surface area contributed by atoms with Crippen LogP contribution in [0.5, 0.6) is 0 Å². The Labute approximate surface area is 104 Å². The smallest absolute Gasteiger partial charge is 0.337 e. The normalized spacial score (nSPS) is 12.1. The predicted molar refractivity (Wildman–Crippen MR) is 64.5 cm³/mol. The summed E-state index contributed by atoms with van der Waals surface area (Å²) in [5.41, 5.74) is 0.605. The number of anilines is 1. The molecular weight excluding hydrogens is 234 g/mol. The van der Waals surface area contributed by atoms with Gasteiger partial charge in [0.25, 0.3) is 0 Å². The highest BCUT2D eigenvalue weighted by Crippen LogP contribution is 2.21. The maximum atomic E-state index is 11.0. The first-order valence-electron chi connectivity index (χ1n) is 5.44. The van der Waals surface area contributed by atoms with Crippen LogP contribution in [0.3, 0.4) is 0 Å². The van der Waals surface area contributed by atoms with E-state index < -0.39 is 5.97 Å². The summed E-state index contributed by atoms with van der Waals surface area (Å²) in [5.74, 6) is 0.215. The van der Waals surface area contributed by atoms with E-state index in [4.69, 9.17) is 9.52 Å². The van der Waals surface area contributed by atoms with Gasteiger partial charge < -0.3 is 14.8 Å². The third-order valence-corrected chi connectivity index (χ3v) is 2.43. The van der Waals surface area contributed by atoms with Gasteiger partial charge in [-0.3, -0.25) is 4.98 Å². The lowest BCUT2D eigenvalue weighted by Gasteiger charge is -2.13. The zero-order valence-electron chi connectivity index (χ0n) is 10.0. The minimum Gasteiger partial charge on any atom is -0.478 e. The van der Waals surface area contributed by atoms with Gasteiger partial charge in [0.15, 0.2) is 0 Å². The Bertz CT molecular complexity index is 565. The zero-order valence-corrected chi connectivity index (χ0v) is 10.0. The Hall–Kier alpha value is -2.37. The van der Waals surface area contributed by atoms with Crippen molar-refractivity contribution in [2.75, 3.05) is 5.32 Å². The van der Waals surface area contributed by atoms with E-state index in [1.165, 1.54) is 18.5 Å².